The highest BCUT2D eigenvalue weighted by molar-refractivity contribution is 9.11. The Balaban J connectivity index is 1.60. The summed E-state index contributed by atoms with van der Waals surface area (Å²) >= 11 is 4.51. The second-order valence-corrected chi connectivity index (χ2v) is 6.89. The van der Waals surface area contributed by atoms with Crippen molar-refractivity contribution in [3.63, 3.8) is 0 Å². The van der Waals surface area contributed by atoms with Crippen molar-refractivity contribution in [3.05, 3.63) is 52.1 Å². The maximum Gasteiger partial charge on any atom is 0.357 e. The van der Waals surface area contributed by atoms with Gasteiger partial charge in [0, 0.05) is 5.39 Å². The quantitative estimate of drug-likeness (QED) is 0.690. The van der Waals surface area contributed by atoms with Gasteiger partial charge < -0.3 is 4.74 Å². The Bertz CT molecular complexity index is 881. The zero-order valence-electron chi connectivity index (χ0n) is 11.7. The number of anilines is 1. The molecule has 0 saturated heterocycles. The number of aromatic nitrogens is 2. The number of amides is 1. The van der Waals surface area contributed by atoms with E-state index in [9.17, 15) is 9.59 Å². The molecule has 1 amide bonds. The van der Waals surface area contributed by atoms with Gasteiger partial charge in [-0.25, -0.2) is 14.8 Å². The first-order valence-electron chi connectivity index (χ1n) is 6.56. The van der Waals surface area contributed by atoms with Gasteiger partial charge in [0.15, 0.2) is 11.7 Å². The minimum atomic E-state index is -0.647. The van der Waals surface area contributed by atoms with Crippen LogP contribution in [0, 0.1) is 0 Å². The van der Waals surface area contributed by atoms with Crippen molar-refractivity contribution < 1.29 is 14.3 Å². The van der Waals surface area contributed by atoms with Crippen LogP contribution in [0.5, 0.6) is 0 Å². The van der Waals surface area contributed by atoms with Crippen molar-refractivity contribution in [2.24, 2.45) is 0 Å². The Morgan fingerprint density at radius 2 is 2.04 bits per heavy atom. The van der Waals surface area contributed by atoms with Crippen LogP contribution < -0.4 is 5.32 Å². The molecule has 3 aromatic rings. The highest BCUT2D eigenvalue weighted by Crippen LogP contribution is 2.22. The molecule has 116 valence electrons. The maximum atomic E-state index is 12.0. The molecule has 0 radical (unpaired) electrons. The van der Waals surface area contributed by atoms with Gasteiger partial charge in [-0.2, -0.15) is 0 Å². The molecule has 0 spiro atoms. The molecule has 0 bridgehead atoms. The molecule has 0 fully saturated rings. The summed E-state index contributed by atoms with van der Waals surface area (Å²) in [7, 11) is 0. The highest BCUT2D eigenvalue weighted by Gasteiger charge is 2.13. The molecule has 1 aromatic carbocycles. The lowest BCUT2D eigenvalue weighted by atomic mass is 10.2. The third-order valence-electron chi connectivity index (χ3n) is 2.87. The van der Waals surface area contributed by atoms with Crippen LogP contribution in [0.1, 0.15) is 10.5 Å². The molecule has 0 unspecified atom stereocenters. The normalized spacial score (nSPS) is 10.5. The predicted octanol–water partition coefficient (Wildman–Crippen LogP) is 3.25. The van der Waals surface area contributed by atoms with E-state index in [1.54, 1.807) is 24.4 Å². The summed E-state index contributed by atoms with van der Waals surface area (Å²) in [4.78, 5) is 31.9. The number of hydrogen-bond donors (Lipinski definition) is 1. The lowest BCUT2D eigenvalue weighted by molar-refractivity contribution is -0.119. The molecule has 0 aliphatic heterocycles. The monoisotopic (exact) mass is 391 g/mol. The minimum absolute atomic E-state index is 0.161. The van der Waals surface area contributed by atoms with Gasteiger partial charge in [0.1, 0.15) is 5.69 Å². The van der Waals surface area contributed by atoms with Gasteiger partial charge >= 0.3 is 5.97 Å². The molecule has 6 nitrogen and oxygen atoms in total. The fraction of sp³-hybridized carbons (Fsp3) is 0.0667. The van der Waals surface area contributed by atoms with Crippen molar-refractivity contribution in [1.29, 1.82) is 0 Å². The number of halogens is 1. The van der Waals surface area contributed by atoms with Crippen molar-refractivity contribution in [2.45, 2.75) is 0 Å². The molecule has 2 heterocycles. The Morgan fingerprint density at radius 1 is 1.22 bits per heavy atom. The van der Waals surface area contributed by atoms with Gasteiger partial charge in [-0.1, -0.05) is 35.6 Å². The van der Waals surface area contributed by atoms with Crippen molar-refractivity contribution in [2.75, 3.05) is 11.9 Å². The van der Waals surface area contributed by atoms with Crippen LogP contribution in [-0.4, -0.2) is 28.5 Å². The van der Waals surface area contributed by atoms with Crippen LogP contribution in [-0.2, 0) is 9.53 Å². The predicted molar refractivity (Wildman–Crippen MR) is 90.5 cm³/mol. The largest absolute Gasteiger partial charge is 0.451 e. The smallest absolute Gasteiger partial charge is 0.357 e. The summed E-state index contributed by atoms with van der Waals surface area (Å²) in [6.07, 6.45) is 1.57. The third kappa shape index (κ3) is 3.91. The fourth-order valence-electron chi connectivity index (χ4n) is 1.85. The van der Waals surface area contributed by atoms with Crippen molar-refractivity contribution in [1.82, 2.24) is 9.97 Å². The van der Waals surface area contributed by atoms with E-state index in [1.807, 2.05) is 18.2 Å². The minimum Gasteiger partial charge on any atom is -0.451 e. The zero-order chi connectivity index (χ0) is 16.2. The number of pyridine rings is 1. The first-order valence-corrected chi connectivity index (χ1v) is 8.17. The lowest BCUT2D eigenvalue weighted by Gasteiger charge is -2.05. The molecule has 2 aromatic heterocycles. The van der Waals surface area contributed by atoms with E-state index >= 15 is 0 Å². The molecular formula is C15H10BrN3O3S. The lowest BCUT2D eigenvalue weighted by Crippen LogP contribution is -2.21. The summed E-state index contributed by atoms with van der Waals surface area (Å²) in [5.41, 5.74) is 0.854. The number of thiazole rings is 1. The Labute approximate surface area is 143 Å². The van der Waals surface area contributed by atoms with E-state index < -0.39 is 18.5 Å². The van der Waals surface area contributed by atoms with Crippen LogP contribution in [0.25, 0.3) is 10.9 Å². The summed E-state index contributed by atoms with van der Waals surface area (Å²) < 4.78 is 5.77. The summed E-state index contributed by atoms with van der Waals surface area (Å²) in [6.45, 7) is -0.398. The van der Waals surface area contributed by atoms with Gasteiger partial charge in [0.05, 0.1) is 15.5 Å². The molecule has 0 aliphatic rings. The second-order valence-electron chi connectivity index (χ2n) is 4.48. The number of ether oxygens (including phenoxy) is 1. The SMILES string of the molecule is O=C(COC(=O)c1ccc2ccccc2n1)Nc1ncc(Br)s1. The van der Waals surface area contributed by atoms with Gasteiger partial charge in [0.2, 0.25) is 0 Å². The Hall–Kier alpha value is -2.32. The van der Waals surface area contributed by atoms with E-state index in [-0.39, 0.29) is 5.69 Å². The Kier molecular flexibility index (Phi) is 4.63. The molecule has 3 rings (SSSR count). The van der Waals surface area contributed by atoms with E-state index in [1.165, 1.54) is 11.3 Å². The Morgan fingerprint density at radius 3 is 2.83 bits per heavy atom. The number of fused-ring (bicyclic) bond motifs is 1. The van der Waals surface area contributed by atoms with Crippen LogP contribution in [0.3, 0.4) is 0 Å². The molecule has 0 saturated carbocycles. The van der Waals surface area contributed by atoms with Gasteiger partial charge in [-0.3, -0.25) is 10.1 Å². The third-order valence-corrected chi connectivity index (χ3v) is 4.26. The number of nitrogens with zero attached hydrogens (tertiary/aromatic N) is 2. The fourth-order valence-corrected chi connectivity index (χ4v) is 2.98. The molecule has 1 N–H and O–H groups in total. The van der Waals surface area contributed by atoms with Gasteiger partial charge in [0.25, 0.3) is 5.91 Å². The van der Waals surface area contributed by atoms with Crippen molar-refractivity contribution >= 4 is 55.2 Å². The van der Waals surface area contributed by atoms with Gasteiger partial charge in [-0.05, 0) is 28.1 Å². The van der Waals surface area contributed by atoms with Crippen LogP contribution in [0.15, 0.2) is 46.4 Å². The zero-order valence-corrected chi connectivity index (χ0v) is 14.1. The standard InChI is InChI=1S/C15H10BrN3O3S/c16-12-7-17-15(23-12)19-13(20)8-22-14(21)11-6-5-9-3-1-2-4-10(9)18-11/h1-7H,8H2,(H,17,19,20). The number of nitrogens with one attached hydrogen (secondary N) is 1. The second kappa shape index (κ2) is 6.84. The van der Waals surface area contributed by atoms with Crippen molar-refractivity contribution in [3.8, 4) is 0 Å². The molecule has 0 atom stereocenters. The average Bonchev–Trinajstić information content (AvgIpc) is 2.97. The number of carbonyl (C=O) groups excluding carboxylic acids is 2. The maximum absolute atomic E-state index is 12.0. The van der Waals surface area contributed by atoms with Crippen LogP contribution in [0.2, 0.25) is 0 Å². The van der Waals surface area contributed by atoms with E-state index in [4.69, 9.17) is 4.74 Å². The molecule has 8 heteroatoms. The summed E-state index contributed by atoms with van der Waals surface area (Å²) in [5.74, 6) is -1.10. The number of carbonyl (C=O) groups is 2. The number of rotatable bonds is 4. The first-order chi connectivity index (χ1) is 11.1. The topological polar surface area (TPSA) is 81.2 Å². The molecule has 23 heavy (non-hydrogen) atoms. The summed E-state index contributed by atoms with van der Waals surface area (Å²) in [5, 5.41) is 3.90. The summed E-state index contributed by atoms with van der Waals surface area (Å²) in [6, 6.07) is 10.8. The average molecular weight is 392 g/mol. The van der Waals surface area contributed by atoms with E-state index in [2.05, 4.69) is 31.2 Å². The van der Waals surface area contributed by atoms with E-state index in [0.717, 1.165) is 9.17 Å². The number of benzene rings is 1. The van der Waals surface area contributed by atoms with E-state index in [0.29, 0.717) is 10.6 Å². The highest BCUT2D eigenvalue weighted by atomic mass is 79.9. The first kappa shape index (κ1) is 15.6. The van der Waals surface area contributed by atoms with Crippen LogP contribution >= 0.6 is 27.3 Å². The van der Waals surface area contributed by atoms with Gasteiger partial charge in [-0.15, -0.1) is 0 Å². The molecule has 0 aliphatic carbocycles. The number of para-hydroxylation sites is 1. The van der Waals surface area contributed by atoms with Crippen LogP contribution in [0.4, 0.5) is 5.13 Å². The number of esters is 1. The number of hydrogen-bond acceptors (Lipinski definition) is 6. The molecular weight excluding hydrogens is 382 g/mol.